The number of benzene rings is 1. The molecule has 3 nitrogen and oxygen atoms in total. The first-order valence-electron chi connectivity index (χ1n) is 7.44. The van der Waals surface area contributed by atoms with Crippen molar-refractivity contribution in [2.45, 2.75) is 43.6 Å². The Morgan fingerprint density at radius 1 is 1.33 bits per heavy atom. The summed E-state index contributed by atoms with van der Waals surface area (Å²) >= 11 is 0. The molecule has 0 spiro atoms. The van der Waals surface area contributed by atoms with Crippen LogP contribution in [0, 0.1) is 17.6 Å². The maximum atomic E-state index is 13.7. The molecule has 2 aliphatic rings. The first-order valence-corrected chi connectivity index (χ1v) is 7.44. The van der Waals surface area contributed by atoms with Gasteiger partial charge in [-0.3, -0.25) is 4.79 Å². The van der Waals surface area contributed by atoms with Gasteiger partial charge >= 0.3 is 0 Å². The van der Waals surface area contributed by atoms with E-state index in [1.54, 1.807) is 0 Å². The summed E-state index contributed by atoms with van der Waals surface area (Å²) in [6.45, 7) is 0.251. The predicted octanol–water partition coefficient (Wildman–Crippen LogP) is 2.49. The highest BCUT2D eigenvalue weighted by Gasteiger charge is 2.46. The second-order valence-electron chi connectivity index (χ2n) is 6.24. The van der Waals surface area contributed by atoms with Crippen molar-refractivity contribution in [3.8, 4) is 0 Å². The molecular weight excluding hydrogens is 276 g/mol. The van der Waals surface area contributed by atoms with E-state index in [1.165, 1.54) is 12.1 Å². The summed E-state index contributed by atoms with van der Waals surface area (Å²) in [6, 6.07) is 4.06. The minimum atomic E-state index is -0.876. The van der Waals surface area contributed by atoms with Crippen LogP contribution in [-0.4, -0.2) is 23.2 Å². The Labute approximate surface area is 122 Å². The lowest BCUT2D eigenvalue weighted by Crippen LogP contribution is -2.41. The molecule has 2 saturated carbocycles. The largest absolute Gasteiger partial charge is 0.388 e. The summed E-state index contributed by atoms with van der Waals surface area (Å²) in [6.07, 6.45) is 3.91. The molecule has 2 aliphatic carbocycles. The third kappa shape index (κ3) is 2.93. The molecule has 0 heterocycles. The first-order chi connectivity index (χ1) is 10.0. The van der Waals surface area contributed by atoms with Gasteiger partial charge in [0, 0.05) is 12.5 Å². The molecule has 5 heteroatoms. The lowest BCUT2D eigenvalue weighted by molar-refractivity contribution is -0.123. The van der Waals surface area contributed by atoms with Gasteiger partial charge in [-0.05, 0) is 36.8 Å². The van der Waals surface area contributed by atoms with Crippen LogP contribution >= 0.6 is 0 Å². The average Bonchev–Trinajstić information content (AvgIpc) is 3.14. The Balaban J connectivity index is 1.57. The number of halogens is 2. The van der Waals surface area contributed by atoms with Crippen molar-refractivity contribution in [1.29, 1.82) is 0 Å². The van der Waals surface area contributed by atoms with Crippen molar-refractivity contribution in [1.82, 2.24) is 5.32 Å². The highest BCUT2D eigenvalue weighted by molar-refractivity contribution is 5.83. The van der Waals surface area contributed by atoms with Gasteiger partial charge in [0.2, 0.25) is 5.91 Å². The normalized spacial score (nSPS) is 26.6. The SMILES string of the molecule is O=C(NCC1(O)CCCC1)C1CC1c1cccc(F)c1F. The lowest BCUT2D eigenvalue weighted by atomic mass is 10.0. The van der Waals surface area contributed by atoms with Gasteiger partial charge in [0.1, 0.15) is 0 Å². The minimum Gasteiger partial charge on any atom is -0.388 e. The Hall–Kier alpha value is -1.49. The topological polar surface area (TPSA) is 49.3 Å². The number of amides is 1. The molecule has 114 valence electrons. The van der Waals surface area contributed by atoms with Gasteiger partial charge in [-0.1, -0.05) is 25.0 Å². The Kier molecular flexibility index (Phi) is 3.69. The number of hydrogen-bond donors (Lipinski definition) is 2. The number of aliphatic hydroxyl groups is 1. The van der Waals surface area contributed by atoms with Crippen LogP contribution in [0.25, 0.3) is 0 Å². The van der Waals surface area contributed by atoms with Crippen molar-refractivity contribution < 1.29 is 18.7 Å². The standard InChI is InChI=1S/C16H19F2NO2/c17-13-5-3-4-10(14(13)18)11-8-12(11)15(20)19-9-16(21)6-1-2-7-16/h3-5,11-12,21H,1-2,6-9H2,(H,19,20). The number of carbonyl (C=O) groups is 1. The zero-order chi connectivity index (χ0) is 15.0. The molecule has 2 atom stereocenters. The van der Waals surface area contributed by atoms with Crippen molar-refractivity contribution in [3.63, 3.8) is 0 Å². The van der Waals surface area contributed by atoms with Gasteiger partial charge in [0.05, 0.1) is 5.60 Å². The molecule has 1 amide bonds. The molecule has 0 saturated heterocycles. The molecule has 3 rings (SSSR count). The summed E-state index contributed by atoms with van der Waals surface area (Å²) in [5, 5.41) is 12.9. The molecule has 2 N–H and O–H groups in total. The van der Waals surface area contributed by atoms with Crippen molar-refractivity contribution in [2.75, 3.05) is 6.54 Å². The molecule has 1 aromatic rings. The van der Waals surface area contributed by atoms with Crippen LogP contribution in [-0.2, 0) is 4.79 Å². The molecule has 0 aliphatic heterocycles. The Morgan fingerprint density at radius 3 is 2.76 bits per heavy atom. The molecule has 0 radical (unpaired) electrons. The van der Waals surface area contributed by atoms with Crippen LogP contribution in [0.4, 0.5) is 8.78 Å². The van der Waals surface area contributed by atoms with E-state index in [-0.39, 0.29) is 29.9 Å². The van der Waals surface area contributed by atoms with E-state index in [0.29, 0.717) is 19.3 Å². The van der Waals surface area contributed by atoms with E-state index in [9.17, 15) is 18.7 Å². The van der Waals surface area contributed by atoms with Crippen LogP contribution < -0.4 is 5.32 Å². The fourth-order valence-corrected chi connectivity index (χ4v) is 3.23. The molecule has 21 heavy (non-hydrogen) atoms. The van der Waals surface area contributed by atoms with E-state index in [0.717, 1.165) is 18.9 Å². The second-order valence-corrected chi connectivity index (χ2v) is 6.24. The minimum absolute atomic E-state index is 0.177. The van der Waals surface area contributed by atoms with Gasteiger partial charge in [0.25, 0.3) is 0 Å². The quantitative estimate of drug-likeness (QED) is 0.896. The van der Waals surface area contributed by atoms with Gasteiger partial charge < -0.3 is 10.4 Å². The fraction of sp³-hybridized carbons (Fsp3) is 0.562. The molecule has 0 bridgehead atoms. The van der Waals surface area contributed by atoms with Crippen LogP contribution in [0.3, 0.4) is 0 Å². The van der Waals surface area contributed by atoms with Crippen LogP contribution in [0.15, 0.2) is 18.2 Å². The molecular formula is C16H19F2NO2. The number of nitrogens with one attached hydrogen (secondary N) is 1. The molecule has 1 aromatic carbocycles. The summed E-state index contributed by atoms with van der Waals surface area (Å²) in [4.78, 5) is 12.0. The number of carbonyl (C=O) groups excluding carboxylic acids is 1. The lowest BCUT2D eigenvalue weighted by Gasteiger charge is -2.22. The first kappa shape index (κ1) is 14.4. The van der Waals surface area contributed by atoms with E-state index in [1.807, 2.05) is 0 Å². The molecule has 0 aromatic heterocycles. The summed E-state index contributed by atoms with van der Waals surface area (Å²) in [7, 11) is 0. The van der Waals surface area contributed by atoms with Gasteiger partial charge in [-0.25, -0.2) is 8.78 Å². The average molecular weight is 295 g/mol. The summed E-state index contributed by atoms with van der Waals surface area (Å²) in [5.74, 6) is -2.47. The third-order valence-corrected chi connectivity index (χ3v) is 4.63. The summed E-state index contributed by atoms with van der Waals surface area (Å²) in [5.41, 5.74) is -0.515. The maximum absolute atomic E-state index is 13.7. The predicted molar refractivity (Wildman–Crippen MR) is 73.6 cm³/mol. The maximum Gasteiger partial charge on any atom is 0.223 e. The zero-order valence-electron chi connectivity index (χ0n) is 11.7. The molecule has 2 fully saturated rings. The Morgan fingerprint density at radius 2 is 2.05 bits per heavy atom. The van der Waals surface area contributed by atoms with E-state index in [2.05, 4.69) is 5.32 Å². The van der Waals surface area contributed by atoms with E-state index >= 15 is 0 Å². The monoisotopic (exact) mass is 295 g/mol. The second kappa shape index (κ2) is 5.37. The van der Waals surface area contributed by atoms with Crippen LogP contribution in [0.2, 0.25) is 0 Å². The summed E-state index contributed by atoms with van der Waals surface area (Å²) < 4.78 is 26.9. The number of rotatable bonds is 4. The third-order valence-electron chi connectivity index (χ3n) is 4.63. The zero-order valence-corrected chi connectivity index (χ0v) is 11.7. The van der Waals surface area contributed by atoms with Gasteiger partial charge in [-0.15, -0.1) is 0 Å². The Bertz CT molecular complexity index is 555. The highest BCUT2D eigenvalue weighted by Crippen LogP contribution is 2.48. The van der Waals surface area contributed by atoms with E-state index in [4.69, 9.17) is 0 Å². The van der Waals surface area contributed by atoms with Crippen LogP contribution in [0.1, 0.15) is 43.6 Å². The van der Waals surface area contributed by atoms with Crippen molar-refractivity contribution >= 4 is 5.91 Å². The van der Waals surface area contributed by atoms with Crippen molar-refractivity contribution in [3.05, 3.63) is 35.4 Å². The van der Waals surface area contributed by atoms with E-state index < -0.39 is 17.2 Å². The fourth-order valence-electron chi connectivity index (χ4n) is 3.23. The molecule has 2 unspecified atom stereocenters. The number of hydrogen-bond acceptors (Lipinski definition) is 2. The highest BCUT2D eigenvalue weighted by atomic mass is 19.2. The van der Waals surface area contributed by atoms with Gasteiger partial charge in [0.15, 0.2) is 11.6 Å². The van der Waals surface area contributed by atoms with Gasteiger partial charge in [-0.2, -0.15) is 0 Å². The smallest absolute Gasteiger partial charge is 0.223 e. The van der Waals surface area contributed by atoms with Crippen molar-refractivity contribution in [2.24, 2.45) is 5.92 Å². The van der Waals surface area contributed by atoms with Crippen LogP contribution in [0.5, 0.6) is 0 Å².